The lowest BCUT2D eigenvalue weighted by Crippen LogP contribution is -2.26. The molecular formula is C18H24N2O3S. The molecule has 0 amide bonds. The zero-order chi connectivity index (χ0) is 17.6. The first-order valence-corrected chi connectivity index (χ1v) is 9.55. The van der Waals surface area contributed by atoms with Gasteiger partial charge < -0.3 is 4.74 Å². The van der Waals surface area contributed by atoms with Gasteiger partial charge in [-0.15, -0.1) is 0 Å². The van der Waals surface area contributed by atoms with Gasteiger partial charge in [-0.05, 0) is 68.5 Å². The van der Waals surface area contributed by atoms with E-state index in [2.05, 4.69) is 9.71 Å². The maximum absolute atomic E-state index is 12.5. The van der Waals surface area contributed by atoms with Crippen LogP contribution in [0.5, 0.6) is 5.75 Å². The number of pyridine rings is 1. The number of nitrogens with one attached hydrogen (secondary N) is 1. The normalized spacial score (nSPS) is 11.5. The molecule has 130 valence electrons. The van der Waals surface area contributed by atoms with Crippen molar-refractivity contribution in [1.29, 1.82) is 0 Å². The van der Waals surface area contributed by atoms with Gasteiger partial charge in [0.25, 0.3) is 0 Å². The molecule has 2 aromatic rings. The predicted octanol–water partition coefficient (Wildman–Crippen LogP) is 3.01. The molecule has 0 bridgehead atoms. The number of ether oxygens (including phenoxy) is 1. The molecular weight excluding hydrogens is 324 g/mol. The Hall–Kier alpha value is -1.92. The second-order valence-corrected chi connectivity index (χ2v) is 7.41. The third-order valence-corrected chi connectivity index (χ3v) is 5.32. The van der Waals surface area contributed by atoms with Gasteiger partial charge in [-0.25, -0.2) is 13.1 Å². The SMILES string of the molecule is CCOc1cc(C)c(S(=O)(=O)NCCCc2cccnc2)cc1C. The van der Waals surface area contributed by atoms with Crippen molar-refractivity contribution in [3.8, 4) is 5.75 Å². The standard InChI is InChI=1S/C18H24N2O3S/c1-4-23-17-11-15(3)18(12-14(17)2)24(21,22)20-10-6-8-16-7-5-9-19-13-16/h5,7,9,11-13,20H,4,6,8,10H2,1-3H3. The zero-order valence-corrected chi connectivity index (χ0v) is 15.2. The van der Waals surface area contributed by atoms with Crippen LogP contribution in [0.25, 0.3) is 0 Å². The lowest BCUT2D eigenvalue weighted by atomic mass is 10.1. The van der Waals surface area contributed by atoms with Crippen molar-refractivity contribution in [2.24, 2.45) is 0 Å². The van der Waals surface area contributed by atoms with Gasteiger partial charge in [0.05, 0.1) is 11.5 Å². The topological polar surface area (TPSA) is 68.3 Å². The van der Waals surface area contributed by atoms with Gasteiger partial charge in [0.15, 0.2) is 0 Å². The minimum Gasteiger partial charge on any atom is -0.494 e. The Morgan fingerprint density at radius 2 is 2.00 bits per heavy atom. The zero-order valence-electron chi connectivity index (χ0n) is 14.4. The van der Waals surface area contributed by atoms with Gasteiger partial charge in [-0.3, -0.25) is 4.98 Å². The minimum absolute atomic E-state index is 0.310. The number of nitrogens with zero attached hydrogens (tertiary/aromatic N) is 1. The molecule has 0 aliphatic rings. The quantitative estimate of drug-likeness (QED) is 0.745. The molecule has 1 N–H and O–H groups in total. The second-order valence-electron chi connectivity index (χ2n) is 5.68. The monoisotopic (exact) mass is 348 g/mol. The van der Waals surface area contributed by atoms with Gasteiger partial charge in [0.2, 0.25) is 10.0 Å². The average molecular weight is 348 g/mol. The fourth-order valence-corrected chi connectivity index (χ4v) is 3.87. The number of hydrogen-bond donors (Lipinski definition) is 1. The molecule has 0 unspecified atom stereocenters. The third-order valence-electron chi connectivity index (χ3n) is 3.72. The van der Waals surface area contributed by atoms with E-state index in [0.717, 1.165) is 29.7 Å². The Balaban J connectivity index is 2.01. The number of aryl methyl sites for hydroxylation is 3. The van der Waals surface area contributed by atoms with Crippen LogP contribution in [0.4, 0.5) is 0 Å². The molecule has 6 heteroatoms. The molecule has 0 saturated carbocycles. The predicted molar refractivity (Wildman–Crippen MR) is 94.8 cm³/mol. The van der Waals surface area contributed by atoms with Crippen molar-refractivity contribution in [3.63, 3.8) is 0 Å². The average Bonchev–Trinajstić information content (AvgIpc) is 2.56. The number of hydrogen-bond acceptors (Lipinski definition) is 4. The maximum Gasteiger partial charge on any atom is 0.240 e. The highest BCUT2D eigenvalue weighted by molar-refractivity contribution is 7.89. The van der Waals surface area contributed by atoms with Crippen molar-refractivity contribution >= 4 is 10.0 Å². The summed E-state index contributed by atoms with van der Waals surface area (Å²) in [5, 5.41) is 0. The number of sulfonamides is 1. The van der Waals surface area contributed by atoms with E-state index in [-0.39, 0.29) is 0 Å². The van der Waals surface area contributed by atoms with Crippen LogP contribution < -0.4 is 9.46 Å². The molecule has 2 rings (SSSR count). The second kappa shape index (κ2) is 8.26. The van der Waals surface area contributed by atoms with Crippen molar-refractivity contribution in [2.75, 3.05) is 13.2 Å². The minimum atomic E-state index is -3.52. The first-order chi connectivity index (χ1) is 11.4. The first kappa shape index (κ1) is 18.4. The maximum atomic E-state index is 12.5. The van der Waals surface area contributed by atoms with Crippen LogP contribution in [-0.4, -0.2) is 26.6 Å². The van der Waals surface area contributed by atoms with Crippen molar-refractivity contribution < 1.29 is 13.2 Å². The summed E-state index contributed by atoms with van der Waals surface area (Å²) in [5.41, 5.74) is 2.60. The third kappa shape index (κ3) is 4.79. The van der Waals surface area contributed by atoms with Gasteiger partial charge in [-0.2, -0.15) is 0 Å². The van der Waals surface area contributed by atoms with E-state index in [9.17, 15) is 8.42 Å². The Morgan fingerprint density at radius 1 is 1.21 bits per heavy atom. The molecule has 0 aliphatic heterocycles. The van der Waals surface area contributed by atoms with Crippen LogP contribution in [0.1, 0.15) is 30.0 Å². The Labute approximate surface area is 144 Å². The molecule has 0 fully saturated rings. The Kier molecular flexibility index (Phi) is 6.34. The van der Waals surface area contributed by atoms with Gasteiger partial charge >= 0.3 is 0 Å². The van der Waals surface area contributed by atoms with Gasteiger partial charge in [0, 0.05) is 18.9 Å². The summed E-state index contributed by atoms with van der Waals surface area (Å²) in [6.07, 6.45) is 5.04. The lowest BCUT2D eigenvalue weighted by Gasteiger charge is -2.13. The molecule has 1 aromatic carbocycles. The highest BCUT2D eigenvalue weighted by Gasteiger charge is 2.18. The van der Waals surface area contributed by atoms with Crippen LogP contribution in [0, 0.1) is 13.8 Å². The van der Waals surface area contributed by atoms with E-state index >= 15 is 0 Å². The summed E-state index contributed by atoms with van der Waals surface area (Å²) in [6.45, 7) is 6.49. The van der Waals surface area contributed by atoms with E-state index in [1.54, 1.807) is 31.5 Å². The molecule has 24 heavy (non-hydrogen) atoms. The van der Waals surface area contributed by atoms with E-state index in [1.165, 1.54) is 0 Å². The van der Waals surface area contributed by atoms with E-state index in [1.807, 2.05) is 26.0 Å². The van der Waals surface area contributed by atoms with Crippen molar-refractivity contribution in [3.05, 3.63) is 53.3 Å². The molecule has 0 spiro atoms. The smallest absolute Gasteiger partial charge is 0.240 e. The van der Waals surface area contributed by atoms with Crippen LogP contribution in [0.15, 0.2) is 41.6 Å². The summed E-state index contributed by atoms with van der Waals surface area (Å²) >= 11 is 0. The molecule has 5 nitrogen and oxygen atoms in total. The summed E-state index contributed by atoms with van der Waals surface area (Å²) in [7, 11) is -3.52. The molecule has 0 aliphatic carbocycles. The number of rotatable bonds is 8. The van der Waals surface area contributed by atoms with E-state index in [0.29, 0.717) is 23.6 Å². The molecule has 1 heterocycles. The molecule has 0 radical (unpaired) electrons. The summed E-state index contributed by atoms with van der Waals surface area (Å²) in [5.74, 6) is 0.727. The Bertz CT molecular complexity index is 774. The lowest BCUT2D eigenvalue weighted by molar-refractivity contribution is 0.337. The van der Waals surface area contributed by atoms with Crippen LogP contribution >= 0.6 is 0 Å². The fraction of sp³-hybridized carbons (Fsp3) is 0.389. The van der Waals surface area contributed by atoms with Crippen LogP contribution in [0.3, 0.4) is 0 Å². The van der Waals surface area contributed by atoms with E-state index in [4.69, 9.17) is 4.74 Å². The van der Waals surface area contributed by atoms with Gasteiger partial charge in [-0.1, -0.05) is 6.07 Å². The van der Waals surface area contributed by atoms with Crippen LogP contribution in [-0.2, 0) is 16.4 Å². The highest BCUT2D eigenvalue weighted by Crippen LogP contribution is 2.25. The van der Waals surface area contributed by atoms with E-state index < -0.39 is 10.0 Å². The molecule has 0 saturated heterocycles. The summed E-state index contributed by atoms with van der Waals surface area (Å²) in [6, 6.07) is 7.32. The molecule has 1 aromatic heterocycles. The first-order valence-electron chi connectivity index (χ1n) is 8.06. The summed E-state index contributed by atoms with van der Waals surface area (Å²) < 4.78 is 33.2. The number of benzene rings is 1. The highest BCUT2D eigenvalue weighted by atomic mass is 32.2. The largest absolute Gasteiger partial charge is 0.494 e. The summed E-state index contributed by atoms with van der Waals surface area (Å²) in [4.78, 5) is 4.36. The van der Waals surface area contributed by atoms with Crippen molar-refractivity contribution in [1.82, 2.24) is 9.71 Å². The van der Waals surface area contributed by atoms with Crippen LogP contribution in [0.2, 0.25) is 0 Å². The number of aromatic nitrogens is 1. The van der Waals surface area contributed by atoms with Crippen molar-refractivity contribution in [2.45, 2.75) is 38.5 Å². The van der Waals surface area contributed by atoms with Gasteiger partial charge in [0.1, 0.15) is 5.75 Å². The fourth-order valence-electron chi connectivity index (χ4n) is 2.49. The molecule has 0 atom stereocenters. The Morgan fingerprint density at radius 3 is 2.67 bits per heavy atom.